The van der Waals surface area contributed by atoms with Gasteiger partial charge >= 0.3 is 0 Å². The maximum Gasteiger partial charge on any atom is 0.290 e. The lowest BCUT2D eigenvalue weighted by atomic mass is 10.3. The highest BCUT2D eigenvalue weighted by Crippen LogP contribution is 2.10. The Hall–Kier alpha value is -2.42. The molecular formula is C15H25N5O4. The fraction of sp³-hybridized carbons (Fsp3) is 0.600. The first-order valence-corrected chi connectivity index (χ1v) is 7.70. The normalized spacial score (nSPS) is 14.9. The minimum atomic E-state index is -0.250. The number of hydrogen-bond donors (Lipinski definition) is 2. The fourth-order valence-corrected chi connectivity index (χ4v) is 2.35. The fourth-order valence-electron chi connectivity index (χ4n) is 2.35. The van der Waals surface area contributed by atoms with Crippen LogP contribution in [0.2, 0.25) is 0 Å². The van der Waals surface area contributed by atoms with E-state index in [-0.39, 0.29) is 18.3 Å². The average Bonchev–Trinajstić information content (AvgIpc) is 2.86. The van der Waals surface area contributed by atoms with E-state index in [1.807, 2.05) is 30.8 Å². The zero-order chi connectivity index (χ0) is 18.1. The van der Waals surface area contributed by atoms with E-state index in [4.69, 9.17) is 9.90 Å². The number of nitrogens with zero attached hydrogens (tertiary/aromatic N) is 4. The third-order valence-corrected chi connectivity index (χ3v) is 3.72. The van der Waals surface area contributed by atoms with Crippen LogP contribution in [0.3, 0.4) is 0 Å². The molecular weight excluding hydrogens is 314 g/mol. The third kappa shape index (κ3) is 5.65. The Kier molecular flexibility index (Phi) is 7.90. The molecule has 134 valence electrons. The summed E-state index contributed by atoms with van der Waals surface area (Å²) in [6.07, 6.45) is 1.90. The number of carbonyl (C=O) groups is 3. The Morgan fingerprint density at radius 2 is 2.08 bits per heavy atom. The van der Waals surface area contributed by atoms with Crippen molar-refractivity contribution in [2.45, 2.75) is 13.3 Å². The van der Waals surface area contributed by atoms with Gasteiger partial charge in [-0.15, -0.1) is 0 Å². The van der Waals surface area contributed by atoms with Crippen molar-refractivity contribution >= 4 is 18.3 Å². The SMILES string of the molecule is Cc1[nH]cnc1C(=O)N1CCC(=O)N(CCN(C)C)CC1.O=CO. The molecule has 0 spiro atoms. The summed E-state index contributed by atoms with van der Waals surface area (Å²) >= 11 is 0. The topological polar surface area (TPSA) is 110 Å². The van der Waals surface area contributed by atoms with Crippen LogP contribution >= 0.6 is 0 Å². The van der Waals surface area contributed by atoms with Crippen LogP contribution in [-0.4, -0.2) is 94.9 Å². The van der Waals surface area contributed by atoms with Crippen LogP contribution in [0.1, 0.15) is 22.6 Å². The lowest BCUT2D eigenvalue weighted by Crippen LogP contribution is -2.39. The van der Waals surface area contributed by atoms with Gasteiger partial charge in [0.2, 0.25) is 5.91 Å². The summed E-state index contributed by atoms with van der Waals surface area (Å²) in [4.78, 5) is 45.5. The van der Waals surface area contributed by atoms with Crippen LogP contribution in [-0.2, 0) is 9.59 Å². The first-order chi connectivity index (χ1) is 11.4. The number of imidazole rings is 1. The molecule has 9 heteroatoms. The van der Waals surface area contributed by atoms with Crippen molar-refractivity contribution in [3.8, 4) is 0 Å². The molecule has 0 saturated carbocycles. The number of aromatic nitrogens is 2. The second kappa shape index (κ2) is 9.66. The van der Waals surface area contributed by atoms with Crippen molar-refractivity contribution < 1.29 is 19.5 Å². The predicted octanol–water partition coefficient (Wildman–Crippen LogP) is -0.345. The molecule has 2 amide bonds. The molecule has 2 rings (SSSR count). The first-order valence-electron chi connectivity index (χ1n) is 7.70. The van der Waals surface area contributed by atoms with Gasteiger partial charge in [-0.1, -0.05) is 0 Å². The van der Waals surface area contributed by atoms with Gasteiger partial charge in [0.25, 0.3) is 12.4 Å². The van der Waals surface area contributed by atoms with Crippen molar-refractivity contribution in [2.24, 2.45) is 0 Å². The van der Waals surface area contributed by atoms with Gasteiger partial charge < -0.3 is 24.8 Å². The second-order valence-corrected chi connectivity index (χ2v) is 5.71. The van der Waals surface area contributed by atoms with Crippen LogP contribution in [0, 0.1) is 6.92 Å². The number of aromatic amines is 1. The number of H-pyrrole nitrogens is 1. The largest absolute Gasteiger partial charge is 0.483 e. The van der Waals surface area contributed by atoms with Gasteiger partial charge in [-0.25, -0.2) is 4.98 Å². The van der Waals surface area contributed by atoms with E-state index in [1.54, 1.807) is 4.90 Å². The van der Waals surface area contributed by atoms with Gasteiger partial charge in [0.1, 0.15) is 5.69 Å². The molecule has 1 saturated heterocycles. The predicted molar refractivity (Wildman–Crippen MR) is 87.7 cm³/mol. The molecule has 1 fully saturated rings. The van der Waals surface area contributed by atoms with E-state index in [1.165, 1.54) is 6.33 Å². The molecule has 0 radical (unpaired) electrons. The summed E-state index contributed by atoms with van der Waals surface area (Å²) in [7, 11) is 3.97. The number of aryl methyl sites for hydroxylation is 1. The molecule has 1 aromatic rings. The van der Waals surface area contributed by atoms with E-state index in [2.05, 4.69) is 9.97 Å². The van der Waals surface area contributed by atoms with E-state index in [0.717, 1.165) is 12.2 Å². The van der Waals surface area contributed by atoms with Crippen LogP contribution in [0.25, 0.3) is 0 Å². The highest BCUT2D eigenvalue weighted by Gasteiger charge is 2.26. The number of carboxylic acid groups (broad SMARTS) is 1. The van der Waals surface area contributed by atoms with Gasteiger partial charge in [0.15, 0.2) is 0 Å². The molecule has 1 aliphatic heterocycles. The van der Waals surface area contributed by atoms with Crippen LogP contribution in [0.5, 0.6) is 0 Å². The van der Waals surface area contributed by atoms with Gasteiger partial charge in [-0.2, -0.15) is 0 Å². The molecule has 1 aromatic heterocycles. The molecule has 2 heterocycles. The van der Waals surface area contributed by atoms with E-state index in [9.17, 15) is 9.59 Å². The minimum Gasteiger partial charge on any atom is -0.483 e. The monoisotopic (exact) mass is 339 g/mol. The van der Waals surface area contributed by atoms with Gasteiger partial charge in [0.05, 0.1) is 6.33 Å². The number of rotatable bonds is 4. The number of carbonyl (C=O) groups excluding carboxylic acids is 2. The Labute approximate surface area is 141 Å². The Balaban J connectivity index is 0.000000891. The van der Waals surface area contributed by atoms with Crippen LogP contribution in [0.4, 0.5) is 0 Å². The molecule has 2 N–H and O–H groups in total. The van der Waals surface area contributed by atoms with Gasteiger partial charge in [-0.3, -0.25) is 14.4 Å². The minimum absolute atomic E-state index is 0.101. The number of amides is 2. The number of hydrogen-bond acceptors (Lipinski definition) is 5. The summed E-state index contributed by atoms with van der Waals surface area (Å²) in [5.74, 6) is 0.0157. The molecule has 0 atom stereocenters. The molecule has 0 bridgehead atoms. The van der Waals surface area contributed by atoms with Crippen molar-refractivity contribution in [3.05, 3.63) is 17.7 Å². The Morgan fingerprint density at radius 3 is 2.62 bits per heavy atom. The van der Waals surface area contributed by atoms with Crippen molar-refractivity contribution in [2.75, 3.05) is 46.8 Å². The second-order valence-electron chi connectivity index (χ2n) is 5.71. The van der Waals surface area contributed by atoms with Crippen LogP contribution in [0.15, 0.2) is 6.33 Å². The van der Waals surface area contributed by atoms with E-state index < -0.39 is 0 Å². The van der Waals surface area contributed by atoms with E-state index >= 15 is 0 Å². The van der Waals surface area contributed by atoms with Gasteiger partial charge in [0, 0.05) is 44.8 Å². The number of likely N-dealkylation sites (N-methyl/N-ethyl adjacent to an activating group) is 1. The molecule has 0 aliphatic carbocycles. The maximum absolute atomic E-state index is 12.4. The standard InChI is InChI=1S/C14H23N5O2.CH2O2/c1-11-13(16-10-15-11)14(21)19-5-4-12(20)18(8-9-19)7-6-17(2)3;2-1-3/h10H,4-9H2,1-3H3,(H,15,16);1H,(H,2,3). The Bertz CT molecular complexity index is 558. The lowest BCUT2D eigenvalue weighted by molar-refractivity contribution is -0.130. The van der Waals surface area contributed by atoms with E-state index in [0.29, 0.717) is 38.3 Å². The molecule has 0 aromatic carbocycles. The Morgan fingerprint density at radius 1 is 1.42 bits per heavy atom. The molecule has 24 heavy (non-hydrogen) atoms. The molecule has 0 unspecified atom stereocenters. The van der Waals surface area contributed by atoms with Crippen molar-refractivity contribution in [1.82, 2.24) is 24.7 Å². The van der Waals surface area contributed by atoms with Crippen molar-refractivity contribution in [1.29, 1.82) is 0 Å². The lowest BCUT2D eigenvalue weighted by Gasteiger charge is -2.23. The quantitative estimate of drug-likeness (QED) is 0.726. The summed E-state index contributed by atoms with van der Waals surface area (Å²) in [6.45, 7) is 4.72. The first kappa shape index (κ1) is 19.6. The molecule has 1 aliphatic rings. The zero-order valence-corrected chi connectivity index (χ0v) is 14.4. The number of nitrogens with one attached hydrogen (secondary N) is 1. The highest BCUT2D eigenvalue weighted by molar-refractivity contribution is 5.93. The van der Waals surface area contributed by atoms with Crippen LogP contribution < -0.4 is 0 Å². The maximum atomic E-state index is 12.4. The summed E-state index contributed by atoms with van der Waals surface area (Å²) < 4.78 is 0. The summed E-state index contributed by atoms with van der Waals surface area (Å²) in [5, 5.41) is 6.89. The summed E-state index contributed by atoms with van der Waals surface area (Å²) in [5.41, 5.74) is 1.21. The zero-order valence-electron chi connectivity index (χ0n) is 14.4. The van der Waals surface area contributed by atoms with Crippen molar-refractivity contribution in [3.63, 3.8) is 0 Å². The molecule has 9 nitrogen and oxygen atoms in total. The average molecular weight is 339 g/mol. The third-order valence-electron chi connectivity index (χ3n) is 3.72. The summed E-state index contributed by atoms with van der Waals surface area (Å²) in [6, 6.07) is 0. The smallest absolute Gasteiger partial charge is 0.290 e. The van der Waals surface area contributed by atoms with Gasteiger partial charge in [-0.05, 0) is 21.0 Å². The highest BCUT2D eigenvalue weighted by atomic mass is 16.3.